The normalized spacial score (nSPS) is 19.7. The molecular formula is C70H60I2N6O21. The number of nitrogens with zero attached hydrogens (tertiary/aromatic N) is 4. The third-order valence-electron chi connectivity index (χ3n) is 15.5. The topological polar surface area (TPSA) is 339 Å². The third kappa shape index (κ3) is 18.6. The largest absolute Gasteiger partial charge is 0.459 e. The summed E-state index contributed by atoms with van der Waals surface area (Å²) in [6.45, 7) is -0.560. The summed E-state index contributed by atoms with van der Waals surface area (Å²) in [6, 6.07) is 51.9. The SMILES string of the molecule is Cn1c(=O)c(I)cn([C@@H]2CC(OC(=O)c3ccccc3)[C@H](COC(=O)c3ccccc3)O2)c1=O.O=C(OC[C@@H]1O[C@H](n2cc(I)c(=O)[nH]c2=O)CC1OC(=O)c1ccccc1)c1ccccc1.O=C(OC[C@@H]1O[C@H](n2ccc(=O)[nH]c2=O)CC1OC(=O)c1ccccc1)c1ccccc1. The smallest absolute Gasteiger partial charge is 0.338 e. The maximum Gasteiger partial charge on any atom is 0.338 e. The minimum Gasteiger partial charge on any atom is -0.459 e. The van der Waals surface area contributed by atoms with Gasteiger partial charge in [-0.25, -0.2) is 43.2 Å². The fourth-order valence-electron chi connectivity index (χ4n) is 10.4. The lowest BCUT2D eigenvalue weighted by Crippen LogP contribution is -2.40. The Morgan fingerprint density at radius 1 is 0.404 bits per heavy atom. The van der Waals surface area contributed by atoms with Crippen LogP contribution < -0.4 is 33.7 Å². The predicted molar refractivity (Wildman–Crippen MR) is 367 cm³/mol. The summed E-state index contributed by atoms with van der Waals surface area (Å²) in [4.78, 5) is 152. The van der Waals surface area contributed by atoms with Crippen molar-refractivity contribution in [1.29, 1.82) is 0 Å². The number of H-pyrrole nitrogens is 2. The highest BCUT2D eigenvalue weighted by Gasteiger charge is 2.43. The zero-order valence-corrected chi connectivity index (χ0v) is 56.5. The van der Waals surface area contributed by atoms with Crippen molar-refractivity contribution < 1.29 is 71.4 Å². The molecule has 0 aliphatic carbocycles. The summed E-state index contributed by atoms with van der Waals surface area (Å²) in [5.74, 6) is -3.33. The molecule has 2 N–H and O–H groups in total. The van der Waals surface area contributed by atoms with Gasteiger partial charge in [-0.15, -0.1) is 0 Å². The standard InChI is InChI=1S/C24H21IN2O7.C23H19IN2O7.C23H20N2O7/c1-26-21(28)17(25)13-27(24(26)31)20-12-18(34-23(30)16-10-6-3-7-11-16)19(33-20)14-32-22(29)15-8-4-2-5-9-15;24-16-12-26(23(30)25-20(16)27)19-11-17(33-22(29)15-9-5-2-6-10-15)18(32-19)13-31-21(28)14-7-3-1-4-8-14;26-19-11-12-25(23(29)24-19)20-13-17(32-22(28)16-9-5-2-6-10-16)18(31-20)14-30-21(27)15-7-3-1-4-8-15/h2-11,13,18-20H,12,14H2,1H3;1-10,12,17-19H,11,13H2,(H,25,27,30);1-12,17-18,20H,13-14H2,(H,24,26,29)/t18?,19-,20-;17?,18-,19-;17?,18-,20-/m000/s1. The Morgan fingerprint density at radius 2 is 0.707 bits per heavy atom. The molecule has 0 amide bonds. The van der Waals surface area contributed by atoms with Gasteiger partial charge in [-0.1, -0.05) is 109 Å². The summed E-state index contributed by atoms with van der Waals surface area (Å²) >= 11 is 3.65. The highest BCUT2D eigenvalue weighted by atomic mass is 127. The van der Waals surface area contributed by atoms with Crippen molar-refractivity contribution in [3.05, 3.63) is 310 Å². The Morgan fingerprint density at radius 3 is 1.05 bits per heavy atom. The van der Waals surface area contributed by atoms with Crippen LogP contribution in [0.4, 0.5) is 0 Å². The van der Waals surface area contributed by atoms with Crippen LogP contribution in [0.5, 0.6) is 0 Å². The second-order valence-electron chi connectivity index (χ2n) is 22.1. The number of aromatic amines is 2. The van der Waals surface area contributed by atoms with Gasteiger partial charge in [0.15, 0.2) is 0 Å². The number of aromatic nitrogens is 6. The lowest BCUT2D eigenvalue weighted by atomic mass is 10.1. The first-order chi connectivity index (χ1) is 47.8. The molecule has 12 rings (SSSR count). The van der Waals surface area contributed by atoms with Crippen LogP contribution in [0.2, 0.25) is 0 Å². The highest BCUT2D eigenvalue weighted by Crippen LogP contribution is 2.34. The van der Waals surface area contributed by atoms with Crippen molar-refractivity contribution in [2.75, 3.05) is 19.8 Å². The van der Waals surface area contributed by atoms with Crippen molar-refractivity contribution in [2.45, 2.75) is 74.6 Å². The molecule has 27 nitrogen and oxygen atoms in total. The van der Waals surface area contributed by atoms with Gasteiger partial charge in [-0.2, -0.15) is 0 Å². The molecule has 6 heterocycles. The number of halogens is 2. The number of ether oxygens (including phenoxy) is 9. The second-order valence-corrected chi connectivity index (χ2v) is 24.4. The van der Waals surface area contributed by atoms with E-state index in [1.807, 2.05) is 45.2 Å². The number of hydrogen-bond donors (Lipinski definition) is 2. The molecule has 0 saturated carbocycles. The Labute approximate surface area is 588 Å². The van der Waals surface area contributed by atoms with Crippen molar-refractivity contribution in [2.24, 2.45) is 7.05 Å². The van der Waals surface area contributed by atoms with Crippen LogP contribution >= 0.6 is 45.2 Å². The zero-order chi connectivity index (χ0) is 70.1. The van der Waals surface area contributed by atoms with Crippen molar-refractivity contribution >= 4 is 81.0 Å². The first-order valence-corrected chi connectivity index (χ1v) is 32.6. The average molecular weight is 1580 g/mol. The summed E-state index contributed by atoms with van der Waals surface area (Å²) in [5, 5.41) is 0. The first kappa shape index (κ1) is 71.3. The summed E-state index contributed by atoms with van der Waals surface area (Å²) < 4.78 is 56.3. The molecule has 510 valence electrons. The molecule has 9 atom stereocenters. The Hall–Kier alpha value is -10.5. The lowest BCUT2D eigenvalue weighted by Gasteiger charge is -2.19. The van der Waals surface area contributed by atoms with Crippen LogP contribution in [0.3, 0.4) is 0 Å². The van der Waals surface area contributed by atoms with Crippen molar-refractivity contribution in [3.8, 4) is 0 Å². The van der Waals surface area contributed by atoms with Crippen LogP contribution in [0.1, 0.15) is 100 Å². The van der Waals surface area contributed by atoms with E-state index in [0.29, 0.717) is 40.5 Å². The fourth-order valence-corrected chi connectivity index (χ4v) is 11.5. The van der Waals surface area contributed by atoms with E-state index in [0.717, 1.165) is 4.57 Å². The van der Waals surface area contributed by atoms with Gasteiger partial charge in [-0.05, 0) is 118 Å². The van der Waals surface area contributed by atoms with Crippen LogP contribution in [0.15, 0.2) is 235 Å². The minimum absolute atomic E-state index is 0.133. The first-order valence-electron chi connectivity index (χ1n) is 30.5. The number of hydrogen-bond acceptors (Lipinski definition) is 21. The number of esters is 6. The molecule has 9 aromatic rings. The number of carbonyl (C=O) groups excluding carboxylic acids is 6. The van der Waals surface area contributed by atoms with Gasteiger partial charge in [0.05, 0.1) is 40.5 Å². The van der Waals surface area contributed by atoms with Crippen molar-refractivity contribution in [3.63, 3.8) is 0 Å². The molecule has 6 aromatic carbocycles. The van der Waals surface area contributed by atoms with Gasteiger partial charge in [-0.3, -0.25) is 42.6 Å². The summed E-state index contributed by atoms with van der Waals surface area (Å²) in [6.07, 6.45) is -2.75. The van der Waals surface area contributed by atoms with Crippen LogP contribution in [0, 0.1) is 7.14 Å². The van der Waals surface area contributed by atoms with Gasteiger partial charge in [0.1, 0.15) is 75.1 Å². The summed E-state index contributed by atoms with van der Waals surface area (Å²) in [7, 11) is 1.38. The third-order valence-corrected chi connectivity index (χ3v) is 17.0. The molecule has 99 heavy (non-hydrogen) atoms. The van der Waals surface area contributed by atoms with Gasteiger partial charge < -0.3 is 42.6 Å². The molecule has 0 bridgehead atoms. The van der Waals surface area contributed by atoms with Crippen LogP contribution in [-0.4, -0.2) is 120 Å². The van der Waals surface area contributed by atoms with Gasteiger partial charge in [0.25, 0.3) is 16.7 Å². The predicted octanol–water partition coefficient (Wildman–Crippen LogP) is 6.94. The second kappa shape index (κ2) is 33.7. The van der Waals surface area contributed by atoms with Gasteiger partial charge in [0.2, 0.25) is 0 Å². The molecule has 0 radical (unpaired) electrons. The maximum atomic E-state index is 12.7. The molecular weight excluding hydrogens is 1510 g/mol. The Bertz CT molecular complexity index is 4710. The quantitative estimate of drug-likeness (QED) is 0.0499. The minimum atomic E-state index is -0.822. The van der Waals surface area contributed by atoms with E-state index < -0.39 is 125 Å². The Balaban J connectivity index is 0.000000161. The van der Waals surface area contributed by atoms with Gasteiger partial charge in [0, 0.05) is 51.0 Å². The van der Waals surface area contributed by atoms with E-state index in [2.05, 4.69) is 9.97 Å². The average Bonchev–Trinajstić information content (AvgIpc) is 1.70. The molecule has 3 unspecified atom stereocenters. The Kier molecular flexibility index (Phi) is 24.2. The maximum absolute atomic E-state index is 12.7. The van der Waals surface area contributed by atoms with E-state index in [1.165, 1.54) is 45.4 Å². The van der Waals surface area contributed by atoms with Crippen molar-refractivity contribution in [1.82, 2.24) is 28.2 Å². The number of benzene rings is 6. The van der Waals surface area contributed by atoms with E-state index in [9.17, 15) is 57.5 Å². The van der Waals surface area contributed by atoms with Gasteiger partial charge >= 0.3 is 52.9 Å². The monoisotopic (exact) mass is 1570 g/mol. The molecule has 3 aliphatic rings. The molecule has 3 fully saturated rings. The summed E-state index contributed by atoms with van der Waals surface area (Å²) in [5.41, 5.74) is -1.14. The van der Waals surface area contributed by atoms with Crippen LogP contribution in [0.25, 0.3) is 0 Å². The van der Waals surface area contributed by atoms with Crippen LogP contribution in [-0.2, 0) is 49.7 Å². The van der Waals surface area contributed by atoms with E-state index in [1.54, 1.807) is 182 Å². The molecule has 3 aliphatic heterocycles. The lowest BCUT2D eigenvalue weighted by molar-refractivity contribution is -0.0586. The molecule has 3 aromatic heterocycles. The number of rotatable bonds is 18. The molecule has 0 spiro atoms. The van der Waals surface area contributed by atoms with E-state index in [-0.39, 0.29) is 39.1 Å². The fraction of sp³-hybridized carbons (Fsp3) is 0.229. The number of nitrogens with one attached hydrogen (secondary N) is 2. The van der Waals surface area contributed by atoms with E-state index in [4.69, 9.17) is 42.6 Å². The number of carbonyl (C=O) groups is 6. The van der Waals surface area contributed by atoms with E-state index >= 15 is 0 Å². The zero-order valence-electron chi connectivity index (χ0n) is 52.2. The molecule has 3 saturated heterocycles. The highest BCUT2D eigenvalue weighted by molar-refractivity contribution is 14.1. The molecule has 29 heteroatoms.